The van der Waals surface area contributed by atoms with Gasteiger partial charge in [0.15, 0.2) is 12.6 Å². The van der Waals surface area contributed by atoms with Gasteiger partial charge in [0.2, 0.25) is 5.91 Å². The first kappa shape index (κ1) is 15.4. The third-order valence-electron chi connectivity index (χ3n) is 3.83. The Bertz CT molecular complexity index is 524. The average molecular weight is 309 g/mol. The number of carbonyl (C=O) groups is 1. The van der Waals surface area contributed by atoms with Gasteiger partial charge in [-0.05, 0) is 0 Å². The lowest BCUT2D eigenvalue weighted by Gasteiger charge is -2.46. The van der Waals surface area contributed by atoms with E-state index in [1.165, 1.54) is 6.92 Å². The molecule has 0 spiro atoms. The number of rotatable bonds is 2. The molecule has 120 valence electrons. The van der Waals surface area contributed by atoms with Gasteiger partial charge in [-0.1, -0.05) is 30.3 Å². The summed E-state index contributed by atoms with van der Waals surface area (Å²) >= 11 is 0. The van der Waals surface area contributed by atoms with Gasteiger partial charge >= 0.3 is 0 Å². The van der Waals surface area contributed by atoms with E-state index in [9.17, 15) is 15.0 Å². The van der Waals surface area contributed by atoms with Gasteiger partial charge in [-0.3, -0.25) is 4.79 Å². The van der Waals surface area contributed by atoms with E-state index in [-0.39, 0.29) is 12.5 Å². The van der Waals surface area contributed by atoms with Crippen LogP contribution in [0.2, 0.25) is 0 Å². The van der Waals surface area contributed by atoms with Crippen LogP contribution < -0.4 is 5.32 Å². The maximum atomic E-state index is 11.2. The van der Waals surface area contributed by atoms with E-state index in [1.807, 2.05) is 30.3 Å². The fourth-order valence-corrected chi connectivity index (χ4v) is 2.78. The number of carbonyl (C=O) groups excluding carboxylic acids is 1. The molecular weight excluding hydrogens is 290 g/mol. The maximum absolute atomic E-state index is 11.2. The van der Waals surface area contributed by atoms with E-state index in [4.69, 9.17) is 14.2 Å². The Morgan fingerprint density at radius 2 is 1.95 bits per heavy atom. The Hall–Kier alpha value is -1.51. The van der Waals surface area contributed by atoms with Crippen LogP contribution in [0.4, 0.5) is 0 Å². The summed E-state index contributed by atoms with van der Waals surface area (Å²) in [6.45, 7) is 1.49. The van der Waals surface area contributed by atoms with Crippen LogP contribution in [0.1, 0.15) is 18.8 Å². The van der Waals surface area contributed by atoms with Crippen molar-refractivity contribution in [1.82, 2.24) is 5.32 Å². The van der Waals surface area contributed by atoms with E-state index in [0.29, 0.717) is 0 Å². The second kappa shape index (κ2) is 6.31. The number of ether oxygens (including phenoxy) is 3. The minimum absolute atomic E-state index is 0.186. The molecule has 0 bridgehead atoms. The molecule has 2 heterocycles. The van der Waals surface area contributed by atoms with Crippen molar-refractivity contribution in [1.29, 1.82) is 0 Å². The molecule has 0 radical (unpaired) electrons. The van der Waals surface area contributed by atoms with Gasteiger partial charge in [0, 0.05) is 12.5 Å². The van der Waals surface area contributed by atoms with E-state index in [1.54, 1.807) is 0 Å². The average Bonchev–Trinajstić information content (AvgIpc) is 2.52. The second-order valence-electron chi connectivity index (χ2n) is 5.46. The fraction of sp³-hybridized carbons (Fsp3) is 0.533. The van der Waals surface area contributed by atoms with E-state index < -0.39 is 36.9 Å². The van der Waals surface area contributed by atoms with Gasteiger partial charge in [-0.2, -0.15) is 0 Å². The molecule has 1 aromatic carbocycles. The van der Waals surface area contributed by atoms with Crippen molar-refractivity contribution < 1.29 is 29.2 Å². The SMILES string of the molecule is CC(=O)N[C@@H]1[C@H](O)[C@@H]2O[C@H](c3ccccc3)OC[C@H]2O[C@H]1O. The highest BCUT2D eigenvalue weighted by molar-refractivity contribution is 5.73. The number of aliphatic hydroxyl groups excluding tert-OH is 2. The summed E-state index contributed by atoms with van der Waals surface area (Å²) in [7, 11) is 0. The zero-order valence-corrected chi connectivity index (χ0v) is 12.1. The molecule has 2 saturated heterocycles. The van der Waals surface area contributed by atoms with Crippen LogP contribution in [-0.4, -0.2) is 53.4 Å². The number of amides is 1. The molecule has 2 aliphatic rings. The van der Waals surface area contributed by atoms with Crippen LogP contribution in [0.3, 0.4) is 0 Å². The number of fused-ring (bicyclic) bond motifs is 1. The third kappa shape index (κ3) is 2.99. The Morgan fingerprint density at radius 3 is 2.64 bits per heavy atom. The smallest absolute Gasteiger partial charge is 0.217 e. The molecule has 1 aromatic rings. The molecule has 6 atom stereocenters. The molecule has 1 amide bonds. The summed E-state index contributed by atoms with van der Waals surface area (Å²) in [5.41, 5.74) is 0.829. The number of nitrogens with one attached hydrogen (secondary N) is 1. The monoisotopic (exact) mass is 309 g/mol. The van der Waals surface area contributed by atoms with E-state index in [0.717, 1.165) is 5.56 Å². The van der Waals surface area contributed by atoms with Crippen LogP contribution in [0.5, 0.6) is 0 Å². The topological polar surface area (TPSA) is 97.3 Å². The number of benzene rings is 1. The maximum Gasteiger partial charge on any atom is 0.217 e. The summed E-state index contributed by atoms with van der Waals surface area (Å²) in [6.07, 6.45) is -4.29. The molecule has 7 nitrogen and oxygen atoms in total. The quantitative estimate of drug-likeness (QED) is 0.693. The molecule has 0 aromatic heterocycles. The highest BCUT2D eigenvalue weighted by atomic mass is 16.7. The molecule has 22 heavy (non-hydrogen) atoms. The van der Waals surface area contributed by atoms with Gasteiger partial charge in [-0.15, -0.1) is 0 Å². The van der Waals surface area contributed by atoms with Gasteiger partial charge in [0.05, 0.1) is 6.61 Å². The number of hydrogen-bond donors (Lipinski definition) is 3. The highest BCUT2D eigenvalue weighted by Crippen LogP contribution is 2.33. The lowest BCUT2D eigenvalue weighted by Crippen LogP contribution is -2.66. The van der Waals surface area contributed by atoms with Crippen LogP contribution >= 0.6 is 0 Å². The van der Waals surface area contributed by atoms with Crippen molar-refractivity contribution in [2.75, 3.05) is 6.61 Å². The van der Waals surface area contributed by atoms with Crippen LogP contribution in [0.15, 0.2) is 30.3 Å². The summed E-state index contributed by atoms with van der Waals surface area (Å²) in [5.74, 6) is -0.364. The summed E-state index contributed by atoms with van der Waals surface area (Å²) in [5, 5.41) is 22.8. The molecule has 0 aliphatic carbocycles. The number of aliphatic hydroxyl groups is 2. The molecule has 2 fully saturated rings. The van der Waals surface area contributed by atoms with Crippen LogP contribution in [0.25, 0.3) is 0 Å². The summed E-state index contributed by atoms with van der Waals surface area (Å²) in [4.78, 5) is 11.2. The minimum Gasteiger partial charge on any atom is -0.388 e. The largest absolute Gasteiger partial charge is 0.388 e. The highest BCUT2D eigenvalue weighted by Gasteiger charge is 2.49. The van der Waals surface area contributed by atoms with Gasteiger partial charge in [0.1, 0.15) is 24.4 Å². The molecule has 3 rings (SSSR count). The lowest BCUT2D eigenvalue weighted by molar-refractivity contribution is -0.337. The molecule has 0 saturated carbocycles. The predicted molar refractivity (Wildman–Crippen MR) is 74.5 cm³/mol. The Morgan fingerprint density at radius 1 is 1.23 bits per heavy atom. The van der Waals surface area contributed by atoms with Crippen molar-refractivity contribution in [3.05, 3.63) is 35.9 Å². The predicted octanol–water partition coefficient (Wildman–Crippen LogP) is -0.317. The lowest BCUT2D eigenvalue weighted by atomic mass is 9.96. The van der Waals surface area contributed by atoms with Gasteiger partial charge in [0.25, 0.3) is 0 Å². The normalized spacial score (nSPS) is 38.1. The first-order chi connectivity index (χ1) is 10.6. The first-order valence-corrected chi connectivity index (χ1v) is 7.17. The standard InChI is InChI=1S/C15H19NO6/c1-8(17)16-11-12(18)13-10(21-14(11)19)7-20-15(22-13)9-5-3-2-4-6-9/h2-6,10-15,18-19H,7H2,1H3,(H,16,17)/t10-,11-,12+,13-,14-,15-/m1/s1. The second-order valence-corrected chi connectivity index (χ2v) is 5.46. The van der Waals surface area contributed by atoms with Gasteiger partial charge in [-0.25, -0.2) is 0 Å². The van der Waals surface area contributed by atoms with Gasteiger partial charge < -0.3 is 29.7 Å². The molecule has 7 heteroatoms. The van der Waals surface area contributed by atoms with Crippen molar-refractivity contribution in [3.63, 3.8) is 0 Å². The zero-order valence-electron chi connectivity index (χ0n) is 12.1. The van der Waals surface area contributed by atoms with Crippen molar-refractivity contribution in [2.45, 2.75) is 43.9 Å². The zero-order chi connectivity index (χ0) is 15.7. The molecule has 3 N–H and O–H groups in total. The Balaban J connectivity index is 1.75. The van der Waals surface area contributed by atoms with Crippen molar-refractivity contribution in [3.8, 4) is 0 Å². The Labute approximate surface area is 127 Å². The minimum atomic E-state index is -1.30. The fourth-order valence-electron chi connectivity index (χ4n) is 2.78. The number of hydrogen-bond acceptors (Lipinski definition) is 6. The summed E-state index contributed by atoms with van der Waals surface area (Å²) < 4.78 is 16.8. The third-order valence-corrected chi connectivity index (χ3v) is 3.83. The summed E-state index contributed by atoms with van der Waals surface area (Å²) in [6, 6.07) is 8.41. The van der Waals surface area contributed by atoms with E-state index in [2.05, 4.69) is 5.32 Å². The molecular formula is C15H19NO6. The Kier molecular flexibility index (Phi) is 4.42. The molecule has 0 unspecified atom stereocenters. The van der Waals surface area contributed by atoms with Crippen molar-refractivity contribution >= 4 is 5.91 Å². The van der Waals surface area contributed by atoms with Crippen molar-refractivity contribution in [2.24, 2.45) is 0 Å². The molecule has 2 aliphatic heterocycles. The van der Waals surface area contributed by atoms with E-state index >= 15 is 0 Å². The van der Waals surface area contributed by atoms with Crippen LogP contribution in [0, 0.1) is 0 Å². The first-order valence-electron chi connectivity index (χ1n) is 7.17. The van der Waals surface area contributed by atoms with Crippen LogP contribution in [-0.2, 0) is 19.0 Å².